The number of carboxylic acids is 1. The van der Waals surface area contributed by atoms with Gasteiger partial charge in [-0.3, -0.25) is 9.69 Å². The smallest absolute Gasteiger partial charge is 0.317 e. The number of benzene rings is 2. The number of carboxylic acid groups (broad SMARTS) is 1. The molecule has 128 valence electrons. The molecule has 2 aromatic carbocycles. The topological polar surface area (TPSA) is 40.5 Å². The summed E-state index contributed by atoms with van der Waals surface area (Å²) in [5.74, 6) is 5.59. The van der Waals surface area contributed by atoms with E-state index in [0.29, 0.717) is 6.54 Å². The fraction of sp³-hybridized carbons (Fsp3) is 0.190. The largest absolute Gasteiger partial charge is 0.480 e. The van der Waals surface area contributed by atoms with E-state index in [1.165, 1.54) is 4.90 Å². The second-order valence-electron chi connectivity index (χ2n) is 5.55. The molecule has 2 rings (SSSR count). The number of thioether (sulfide) groups is 1. The van der Waals surface area contributed by atoms with Gasteiger partial charge in [-0.25, -0.2) is 0 Å². The maximum absolute atomic E-state index is 10.8. The molecule has 0 saturated heterocycles. The highest BCUT2D eigenvalue weighted by molar-refractivity contribution is 7.98. The van der Waals surface area contributed by atoms with Crippen LogP contribution in [0.5, 0.6) is 0 Å². The molecule has 2 aromatic rings. The van der Waals surface area contributed by atoms with Gasteiger partial charge in [0.15, 0.2) is 0 Å². The Morgan fingerprint density at radius 2 is 1.84 bits per heavy atom. The van der Waals surface area contributed by atoms with E-state index in [0.717, 1.165) is 16.7 Å². The van der Waals surface area contributed by atoms with Crippen LogP contribution in [-0.2, 0) is 4.79 Å². The summed E-state index contributed by atoms with van der Waals surface area (Å²) in [6, 6.07) is 18.1. The third-order valence-corrected chi connectivity index (χ3v) is 4.27. The number of likely N-dealkylation sites (N-methyl/N-ethyl adjacent to an activating group) is 1. The number of hydrogen-bond donors (Lipinski definition) is 1. The average Bonchev–Trinajstić information content (AvgIpc) is 2.62. The molecule has 0 unspecified atom stereocenters. The molecule has 25 heavy (non-hydrogen) atoms. The lowest BCUT2D eigenvalue weighted by Crippen LogP contribution is -2.25. The normalized spacial score (nSPS) is 11.1. The number of nitrogens with zero attached hydrogens (tertiary/aromatic N) is 1. The highest BCUT2D eigenvalue weighted by Gasteiger charge is 2.03. The predicted molar refractivity (Wildman–Crippen MR) is 105 cm³/mol. The van der Waals surface area contributed by atoms with Crippen LogP contribution in [-0.4, -0.2) is 42.4 Å². The Bertz CT molecular complexity index is 786. The second-order valence-corrected chi connectivity index (χ2v) is 6.43. The molecule has 0 amide bonds. The Morgan fingerprint density at radius 3 is 2.44 bits per heavy atom. The van der Waals surface area contributed by atoms with Gasteiger partial charge in [-0.2, -0.15) is 0 Å². The van der Waals surface area contributed by atoms with E-state index < -0.39 is 5.97 Å². The van der Waals surface area contributed by atoms with E-state index in [1.54, 1.807) is 23.7 Å². The van der Waals surface area contributed by atoms with E-state index in [4.69, 9.17) is 5.11 Å². The Morgan fingerprint density at radius 1 is 1.16 bits per heavy atom. The molecule has 0 spiro atoms. The molecule has 0 aliphatic rings. The minimum absolute atomic E-state index is 0.00213. The molecule has 3 nitrogen and oxygen atoms in total. The van der Waals surface area contributed by atoms with Gasteiger partial charge in [-0.15, -0.1) is 11.8 Å². The predicted octanol–water partition coefficient (Wildman–Crippen LogP) is 3.86. The summed E-state index contributed by atoms with van der Waals surface area (Å²) in [6.07, 6.45) is 4.02. The van der Waals surface area contributed by atoms with Crippen molar-refractivity contribution in [3.05, 3.63) is 71.8 Å². The average molecular weight is 351 g/mol. The first kappa shape index (κ1) is 18.9. The quantitative estimate of drug-likeness (QED) is 0.634. The summed E-state index contributed by atoms with van der Waals surface area (Å²) in [7, 11) is 1.78. The molecule has 0 aromatic heterocycles. The van der Waals surface area contributed by atoms with Crippen molar-refractivity contribution in [2.24, 2.45) is 0 Å². The highest BCUT2D eigenvalue weighted by Crippen LogP contribution is 2.16. The first-order valence-electron chi connectivity index (χ1n) is 7.90. The minimum Gasteiger partial charge on any atom is -0.480 e. The lowest BCUT2D eigenvalue weighted by molar-refractivity contribution is -0.137. The summed E-state index contributed by atoms with van der Waals surface area (Å²) >= 11 is 1.70. The van der Waals surface area contributed by atoms with E-state index in [-0.39, 0.29) is 6.54 Å². The number of hydrogen-bond acceptors (Lipinski definition) is 3. The van der Waals surface area contributed by atoms with Crippen LogP contribution in [0.15, 0.2) is 65.6 Å². The van der Waals surface area contributed by atoms with Gasteiger partial charge in [0.2, 0.25) is 0 Å². The fourth-order valence-electron chi connectivity index (χ4n) is 2.22. The summed E-state index contributed by atoms with van der Waals surface area (Å²) in [4.78, 5) is 13.7. The molecule has 0 saturated carbocycles. The molecule has 4 heteroatoms. The van der Waals surface area contributed by atoms with Crippen molar-refractivity contribution in [1.29, 1.82) is 0 Å². The Hall–Kier alpha value is -2.48. The van der Waals surface area contributed by atoms with Crippen LogP contribution >= 0.6 is 11.8 Å². The second kappa shape index (κ2) is 9.73. The Kier molecular flexibility index (Phi) is 7.34. The van der Waals surface area contributed by atoms with Crippen LogP contribution in [0.4, 0.5) is 0 Å². The number of rotatable bonds is 6. The highest BCUT2D eigenvalue weighted by atomic mass is 32.2. The molecule has 0 atom stereocenters. The van der Waals surface area contributed by atoms with Crippen molar-refractivity contribution in [2.45, 2.75) is 4.90 Å². The zero-order valence-electron chi connectivity index (χ0n) is 14.4. The van der Waals surface area contributed by atoms with Gasteiger partial charge in [0, 0.05) is 22.6 Å². The number of carbonyl (C=O) groups is 1. The molecule has 0 radical (unpaired) electrons. The van der Waals surface area contributed by atoms with Crippen molar-refractivity contribution >= 4 is 23.3 Å². The number of aliphatic carboxylic acids is 1. The Balaban J connectivity index is 2.23. The van der Waals surface area contributed by atoms with Crippen molar-refractivity contribution in [1.82, 2.24) is 4.90 Å². The van der Waals surface area contributed by atoms with Gasteiger partial charge in [-0.1, -0.05) is 48.2 Å². The number of allylic oxidation sites excluding steroid dienone is 1. The zero-order chi connectivity index (χ0) is 18.1. The van der Waals surface area contributed by atoms with E-state index in [1.807, 2.05) is 54.8 Å². The molecule has 0 aliphatic heterocycles. The lowest BCUT2D eigenvalue weighted by Gasteiger charge is -2.11. The molecule has 0 fully saturated rings. The van der Waals surface area contributed by atoms with Crippen LogP contribution in [0.2, 0.25) is 0 Å². The molecule has 0 heterocycles. The van der Waals surface area contributed by atoms with Crippen LogP contribution < -0.4 is 0 Å². The van der Waals surface area contributed by atoms with Gasteiger partial charge in [0.1, 0.15) is 0 Å². The van der Waals surface area contributed by atoms with Gasteiger partial charge in [0.25, 0.3) is 0 Å². The van der Waals surface area contributed by atoms with Gasteiger partial charge < -0.3 is 5.11 Å². The maximum Gasteiger partial charge on any atom is 0.317 e. The van der Waals surface area contributed by atoms with Crippen LogP contribution in [0.25, 0.3) is 5.57 Å². The molecule has 0 aliphatic carbocycles. The first-order chi connectivity index (χ1) is 12.1. The van der Waals surface area contributed by atoms with Gasteiger partial charge in [0.05, 0.1) is 6.54 Å². The SMILES string of the molecule is CSc1ccc(C#CC(=CCN(C)CC(=O)O)c2ccccc2)cc1. The van der Waals surface area contributed by atoms with E-state index >= 15 is 0 Å². The van der Waals surface area contributed by atoms with E-state index in [9.17, 15) is 4.79 Å². The van der Waals surface area contributed by atoms with Gasteiger partial charge in [-0.05, 0) is 43.1 Å². The maximum atomic E-state index is 10.8. The molecular formula is C21H21NO2S. The summed E-state index contributed by atoms with van der Waals surface area (Å²) in [6.45, 7) is 0.527. The summed E-state index contributed by atoms with van der Waals surface area (Å²) in [5, 5.41) is 8.87. The summed E-state index contributed by atoms with van der Waals surface area (Å²) in [5.41, 5.74) is 2.88. The van der Waals surface area contributed by atoms with Crippen molar-refractivity contribution in [3.63, 3.8) is 0 Å². The van der Waals surface area contributed by atoms with E-state index in [2.05, 4.69) is 24.0 Å². The van der Waals surface area contributed by atoms with Crippen LogP contribution in [0.3, 0.4) is 0 Å². The van der Waals surface area contributed by atoms with Crippen molar-refractivity contribution in [3.8, 4) is 11.8 Å². The van der Waals surface area contributed by atoms with Crippen LogP contribution in [0.1, 0.15) is 11.1 Å². The van der Waals surface area contributed by atoms with Crippen molar-refractivity contribution in [2.75, 3.05) is 26.4 Å². The van der Waals surface area contributed by atoms with Crippen LogP contribution in [0, 0.1) is 11.8 Å². The minimum atomic E-state index is -0.836. The lowest BCUT2D eigenvalue weighted by atomic mass is 10.1. The third kappa shape index (κ3) is 6.50. The first-order valence-corrected chi connectivity index (χ1v) is 9.13. The van der Waals surface area contributed by atoms with Gasteiger partial charge >= 0.3 is 5.97 Å². The third-order valence-electron chi connectivity index (χ3n) is 3.53. The summed E-state index contributed by atoms with van der Waals surface area (Å²) < 4.78 is 0. The zero-order valence-corrected chi connectivity index (χ0v) is 15.2. The van der Waals surface area contributed by atoms with Crippen molar-refractivity contribution < 1.29 is 9.90 Å². The molecule has 1 N–H and O–H groups in total. The monoisotopic (exact) mass is 351 g/mol. The molecular weight excluding hydrogens is 330 g/mol. The Labute approximate surface area is 153 Å². The molecule has 0 bridgehead atoms. The fourth-order valence-corrected chi connectivity index (χ4v) is 2.62. The standard InChI is InChI=1S/C21H21NO2S/c1-22(16-21(23)24)15-14-19(18-6-4-3-5-7-18)11-8-17-9-12-20(25-2)13-10-17/h3-7,9-10,12-14H,15-16H2,1-2H3,(H,23,24).